The molecule has 3 aliphatic carbocycles. The normalized spacial score (nSPS) is 27.2. The van der Waals surface area contributed by atoms with Crippen LogP contribution < -0.4 is 9.47 Å². The minimum Gasteiger partial charge on any atom is -0.497 e. The monoisotopic (exact) mass is 484 g/mol. The molecule has 0 aliphatic heterocycles. The average Bonchev–Trinajstić information content (AvgIpc) is 3.58. The van der Waals surface area contributed by atoms with Crippen molar-refractivity contribution in [2.75, 3.05) is 14.2 Å². The van der Waals surface area contributed by atoms with Crippen LogP contribution in [-0.2, 0) is 15.9 Å². The Labute approximate surface area is 210 Å². The van der Waals surface area contributed by atoms with Gasteiger partial charge in [0.2, 0.25) is 0 Å². The summed E-state index contributed by atoms with van der Waals surface area (Å²) in [4.78, 5) is 26.4. The third kappa shape index (κ3) is 3.72. The molecule has 0 radical (unpaired) electrons. The third-order valence-electron chi connectivity index (χ3n) is 8.15. The van der Waals surface area contributed by atoms with Crippen molar-refractivity contribution >= 4 is 11.9 Å². The van der Waals surface area contributed by atoms with Crippen molar-refractivity contribution in [1.29, 1.82) is 0 Å². The molecule has 3 aliphatic rings. The van der Waals surface area contributed by atoms with Crippen LogP contribution in [0, 0.1) is 17.8 Å². The van der Waals surface area contributed by atoms with E-state index in [1.54, 1.807) is 62.8 Å². The van der Waals surface area contributed by atoms with Crippen LogP contribution in [0.1, 0.15) is 44.2 Å². The zero-order valence-electron chi connectivity index (χ0n) is 20.3. The highest BCUT2D eigenvalue weighted by Gasteiger charge is 2.63. The molecule has 6 nitrogen and oxygen atoms in total. The van der Waals surface area contributed by atoms with Crippen molar-refractivity contribution in [3.8, 4) is 11.5 Å². The van der Waals surface area contributed by atoms with Crippen LogP contribution in [0.3, 0.4) is 0 Å². The van der Waals surface area contributed by atoms with E-state index >= 15 is 0 Å². The van der Waals surface area contributed by atoms with Crippen molar-refractivity contribution < 1.29 is 28.5 Å². The molecule has 184 valence electrons. The molecule has 6 atom stereocenters. The predicted octanol–water partition coefficient (Wildman–Crippen LogP) is 5.06. The number of carbonyl (C=O) groups is 2. The molecule has 3 aromatic carbocycles. The Morgan fingerprint density at radius 1 is 0.694 bits per heavy atom. The zero-order valence-corrected chi connectivity index (χ0v) is 20.3. The summed E-state index contributed by atoms with van der Waals surface area (Å²) in [7, 11) is 3.12. The first-order chi connectivity index (χ1) is 17.6. The number of hydrogen-bond acceptors (Lipinski definition) is 6. The van der Waals surface area contributed by atoms with Crippen molar-refractivity contribution in [2.45, 2.75) is 31.0 Å². The highest BCUT2D eigenvalue weighted by atomic mass is 16.6. The quantitative estimate of drug-likeness (QED) is 0.456. The second kappa shape index (κ2) is 9.01. The molecule has 0 N–H and O–H groups in total. The predicted molar refractivity (Wildman–Crippen MR) is 132 cm³/mol. The van der Waals surface area contributed by atoms with Crippen LogP contribution in [0.4, 0.5) is 0 Å². The Hall–Kier alpha value is -3.80. The molecule has 2 fully saturated rings. The summed E-state index contributed by atoms with van der Waals surface area (Å²) < 4.78 is 22.8. The number of benzene rings is 3. The van der Waals surface area contributed by atoms with Gasteiger partial charge in [0.05, 0.1) is 25.3 Å². The fraction of sp³-hybridized carbons (Fsp3) is 0.333. The Balaban J connectivity index is 1.30. The molecular weight excluding hydrogens is 456 g/mol. The lowest BCUT2D eigenvalue weighted by molar-refractivity contribution is -0.0698. The molecule has 36 heavy (non-hydrogen) atoms. The van der Waals surface area contributed by atoms with Gasteiger partial charge in [0.15, 0.2) is 0 Å². The number of hydrogen-bond donors (Lipinski definition) is 0. The van der Waals surface area contributed by atoms with Crippen molar-refractivity contribution in [3.05, 3.63) is 95.1 Å². The molecule has 0 heterocycles. The van der Waals surface area contributed by atoms with E-state index in [1.165, 1.54) is 11.1 Å². The van der Waals surface area contributed by atoms with Gasteiger partial charge in [-0.3, -0.25) is 0 Å². The van der Waals surface area contributed by atoms with E-state index in [-0.39, 0.29) is 11.8 Å². The fourth-order valence-electron chi connectivity index (χ4n) is 6.65. The first-order valence-corrected chi connectivity index (χ1v) is 12.3. The van der Waals surface area contributed by atoms with Crippen LogP contribution in [0.25, 0.3) is 0 Å². The van der Waals surface area contributed by atoms with Gasteiger partial charge in [-0.25, -0.2) is 9.59 Å². The summed E-state index contributed by atoms with van der Waals surface area (Å²) in [6.45, 7) is 0. The molecule has 6 rings (SSSR count). The Kier molecular flexibility index (Phi) is 5.67. The maximum absolute atomic E-state index is 13.2. The van der Waals surface area contributed by atoms with Crippen LogP contribution in [0.2, 0.25) is 0 Å². The van der Waals surface area contributed by atoms with E-state index in [0.29, 0.717) is 34.5 Å². The molecule has 0 saturated heterocycles. The number of ether oxygens (including phenoxy) is 4. The van der Waals surface area contributed by atoms with Gasteiger partial charge in [-0.2, -0.15) is 0 Å². The first-order valence-electron chi connectivity index (χ1n) is 12.3. The Bertz CT molecular complexity index is 1320. The first kappa shape index (κ1) is 22.7. The van der Waals surface area contributed by atoms with Gasteiger partial charge >= 0.3 is 11.9 Å². The maximum atomic E-state index is 13.2. The summed E-state index contributed by atoms with van der Waals surface area (Å²) >= 11 is 0. The second-order valence-electron chi connectivity index (χ2n) is 9.86. The lowest BCUT2D eigenvalue weighted by atomic mass is 9.76. The molecule has 0 amide bonds. The van der Waals surface area contributed by atoms with E-state index in [1.807, 2.05) is 0 Å². The molecular formula is C30H28O6. The number of fused-ring (bicyclic) bond motifs is 7. The van der Waals surface area contributed by atoms with Gasteiger partial charge in [-0.1, -0.05) is 36.4 Å². The molecule has 0 aromatic heterocycles. The Morgan fingerprint density at radius 2 is 1.28 bits per heavy atom. The van der Waals surface area contributed by atoms with Crippen molar-refractivity contribution in [1.82, 2.24) is 0 Å². The Morgan fingerprint density at radius 3 is 1.89 bits per heavy atom. The molecule has 3 aromatic rings. The number of esters is 2. The van der Waals surface area contributed by atoms with E-state index in [2.05, 4.69) is 24.3 Å². The van der Waals surface area contributed by atoms with Crippen LogP contribution >= 0.6 is 0 Å². The van der Waals surface area contributed by atoms with Gasteiger partial charge in [0, 0.05) is 11.8 Å². The topological polar surface area (TPSA) is 71.1 Å². The fourth-order valence-corrected chi connectivity index (χ4v) is 6.65. The average molecular weight is 485 g/mol. The highest BCUT2D eigenvalue weighted by Crippen LogP contribution is 2.62. The standard InChI is InChI=1S/C30H28O6/c1-33-20-10-5-8-18(13-20)29(31)35-27-24-16-25(26-22-12-4-3-7-17(22)15-23(24)26)28(27)36-30(32)19-9-6-11-21(14-19)34-2/h3-14,23-28H,15-16H2,1-2H3/t23?,24?,25-,26?,27?,28?/m1/s1. The molecule has 2 saturated carbocycles. The van der Waals surface area contributed by atoms with Crippen molar-refractivity contribution in [3.63, 3.8) is 0 Å². The lowest BCUT2D eigenvalue weighted by Crippen LogP contribution is -2.45. The van der Waals surface area contributed by atoms with Crippen LogP contribution in [0.5, 0.6) is 11.5 Å². The molecule has 5 unspecified atom stereocenters. The van der Waals surface area contributed by atoms with Gasteiger partial charge < -0.3 is 18.9 Å². The SMILES string of the molecule is COc1cccc(C(=O)OC2C3C[C@@H](C2OC(=O)c2cccc(OC)c2)C2c4ccccc4CC32)c1. The van der Waals surface area contributed by atoms with Gasteiger partial charge in [0.25, 0.3) is 0 Å². The summed E-state index contributed by atoms with van der Waals surface area (Å²) in [5, 5.41) is 0. The third-order valence-corrected chi connectivity index (χ3v) is 8.15. The lowest BCUT2D eigenvalue weighted by Gasteiger charge is -2.37. The van der Waals surface area contributed by atoms with Crippen LogP contribution in [0.15, 0.2) is 72.8 Å². The number of rotatable bonds is 6. The maximum Gasteiger partial charge on any atom is 0.338 e. The highest BCUT2D eigenvalue weighted by molar-refractivity contribution is 5.91. The largest absolute Gasteiger partial charge is 0.497 e. The van der Waals surface area contributed by atoms with Crippen LogP contribution in [-0.4, -0.2) is 38.4 Å². The van der Waals surface area contributed by atoms with Gasteiger partial charge in [-0.05, 0) is 72.2 Å². The smallest absolute Gasteiger partial charge is 0.338 e. The van der Waals surface area contributed by atoms with E-state index in [9.17, 15) is 9.59 Å². The molecule has 2 bridgehead atoms. The minimum atomic E-state index is -0.518. The summed E-state index contributed by atoms with van der Waals surface area (Å²) in [5.41, 5.74) is 3.52. The van der Waals surface area contributed by atoms with E-state index in [0.717, 1.165) is 12.8 Å². The summed E-state index contributed by atoms with van der Waals surface area (Å²) in [5.74, 6) is 1.22. The van der Waals surface area contributed by atoms with Gasteiger partial charge in [0.1, 0.15) is 23.7 Å². The summed E-state index contributed by atoms with van der Waals surface area (Å²) in [6, 6.07) is 22.4. The van der Waals surface area contributed by atoms with Crippen molar-refractivity contribution in [2.24, 2.45) is 17.8 Å². The minimum absolute atomic E-state index is 0.0984. The molecule has 6 heteroatoms. The second-order valence-corrected chi connectivity index (χ2v) is 9.86. The van der Waals surface area contributed by atoms with Gasteiger partial charge in [-0.15, -0.1) is 0 Å². The van der Waals surface area contributed by atoms with E-state index < -0.39 is 24.1 Å². The number of carbonyl (C=O) groups excluding carboxylic acids is 2. The number of methoxy groups -OCH3 is 2. The molecule has 0 spiro atoms. The van der Waals surface area contributed by atoms with E-state index in [4.69, 9.17) is 18.9 Å². The zero-order chi connectivity index (χ0) is 24.8. The summed E-state index contributed by atoms with van der Waals surface area (Å²) in [6.07, 6.45) is 0.816.